The van der Waals surface area contributed by atoms with Crippen molar-refractivity contribution in [1.29, 1.82) is 0 Å². The van der Waals surface area contributed by atoms with Crippen LogP contribution in [0, 0.1) is 0 Å². The second kappa shape index (κ2) is 13.1. The fourth-order valence-electron chi connectivity index (χ4n) is 4.42. The highest BCUT2D eigenvalue weighted by molar-refractivity contribution is 7.09. The monoisotopic (exact) mass is 557 g/mol. The Morgan fingerprint density at radius 2 is 1.78 bits per heavy atom. The molecule has 1 N–H and O–H groups in total. The van der Waals surface area contributed by atoms with Gasteiger partial charge in [0.05, 0.1) is 13.0 Å². The van der Waals surface area contributed by atoms with Gasteiger partial charge in [0, 0.05) is 34.6 Å². The lowest BCUT2D eigenvalue weighted by atomic mass is 10.0. The Bertz CT molecular complexity index is 1220. The lowest BCUT2D eigenvalue weighted by molar-refractivity contribution is -0.157. The van der Waals surface area contributed by atoms with Gasteiger partial charge in [0.25, 0.3) is 0 Å². The molecule has 3 aromatic rings. The zero-order chi connectivity index (χ0) is 26.2. The number of thiophene rings is 1. The first-order chi connectivity index (χ1) is 17.9. The largest absolute Gasteiger partial charge is 0.356 e. The molecule has 6 nitrogen and oxygen atoms in total. The summed E-state index contributed by atoms with van der Waals surface area (Å²) in [5.41, 5.74) is 1.97. The molecule has 0 aliphatic carbocycles. The van der Waals surface area contributed by atoms with Crippen molar-refractivity contribution in [3.63, 3.8) is 0 Å². The maximum atomic E-state index is 13.5. The third-order valence-electron chi connectivity index (χ3n) is 6.42. The molecule has 1 aromatic heterocycles. The van der Waals surface area contributed by atoms with Crippen LogP contribution in [0.4, 0.5) is 0 Å². The number of carbonyl (C=O) groups excluding carboxylic acids is 3. The van der Waals surface area contributed by atoms with Crippen LogP contribution in [0.5, 0.6) is 0 Å². The van der Waals surface area contributed by atoms with Crippen molar-refractivity contribution in [3.05, 3.63) is 92.1 Å². The number of hydrogen-bond acceptors (Lipinski definition) is 4. The van der Waals surface area contributed by atoms with Gasteiger partial charge >= 0.3 is 0 Å². The number of nitrogens with one attached hydrogen (secondary N) is 1. The first-order valence-electron chi connectivity index (χ1n) is 12.3. The zero-order valence-corrected chi connectivity index (χ0v) is 22.7. The van der Waals surface area contributed by atoms with Gasteiger partial charge < -0.3 is 15.1 Å². The maximum Gasteiger partial charge on any atom is 0.246 e. The number of piperazine rings is 1. The van der Waals surface area contributed by atoms with Gasteiger partial charge in [-0.3, -0.25) is 14.4 Å². The predicted octanol–water partition coefficient (Wildman–Crippen LogP) is 4.63. The van der Waals surface area contributed by atoms with E-state index >= 15 is 0 Å². The minimum absolute atomic E-state index is 0.0310. The third kappa shape index (κ3) is 7.57. The van der Waals surface area contributed by atoms with E-state index in [1.54, 1.807) is 33.3 Å². The summed E-state index contributed by atoms with van der Waals surface area (Å²) < 4.78 is 0. The standard InChI is InChI=1S/C28H29Cl2N3O3S/c29-22-9-8-21(24(30)17-22)10-13-31-26(34)18-25-28(36)32(14-11-20-5-2-1-3-6-20)19-27(35)33(25)15-12-23-7-4-16-37-23/h1-9,16-17,25H,10-15,18-19H2,(H,31,34). The van der Waals surface area contributed by atoms with Gasteiger partial charge in [-0.1, -0.05) is 65.7 Å². The van der Waals surface area contributed by atoms with Crippen LogP contribution in [-0.4, -0.2) is 59.7 Å². The lowest BCUT2D eigenvalue weighted by Gasteiger charge is -2.40. The summed E-state index contributed by atoms with van der Waals surface area (Å²) in [6, 6.07) is 18.3. The molecule has 37 heavy (non-hydrogen) atoms. The first-order valence-corrected chi connectivity index (χ1v) is 13.9. The van der Waals surface area contributed by atoms with Crippen molar-refractivity contribution in [3.8, 4) is 0 Å². The second-order valence-electron chi connectivity index (χ2n) is 8.97. The van der Waals surface area contributed by atoms with Crippen LogP contribution in [0.15, 0.2) is 66.0 Å². The van der Waals surface area contributed by atoms with E-state index in [0.29, 0.717) is 48.9 Å². The molecular formula is C28H29Cl2N3O3S. The van der Waals surface area contributed by atoms with E-state index in [0.717, 1.165) is 16.0 Å². The van der Waals surface area contributed by atoms with Crippen molar-refractivity contribution in [2.75, 3.05) is 26.2 Å². The molecule has 0 radical (unpaired) electrons. The molecule has 1 atom stereocenters. The van der Waals surface area contributed by atoms with Crippen molar-refractivity contribution in [2.45, 2.75) is 31.7 Å². The molecule has 1 aliphatic heterocycles. The fraction of sp³-hybridized carbons (Fsp3) is 0.321. The van der Waals surface area contributed by atoms with Crippen LogP contribution in [0.25, 0.3) is 0 Å². The zero-order valence-electron chi connectivity index (χ0n) is 20.4. The molecule has 1 fully saturated rings. The average Bonchev–Trinajstić information content (AvgIpc) is 3.40. The Morgan fingerprint density at radius 3 is 2.51 bits per heavy atom. The van der Waals surface area contributed by atoms with Gasteiger partial charge in [-0.2, -0.15) is 0 Å². The molecule has 0 bridgehead atoms. The number of hydrogen-bond donors (Lipinski definition) is 1. The number of benzene rings is 2. The SMILES string of the molecule is O=C(CC1C(=O)N(CCc2ccccc2)CC(=O)N1CCc1cccs1)NCCc1ccc(Cl)cc1Cl. The van der Waals surface area contributed by atoms with Crippen molar-refractivity contribution >= 4 is 52.3 Å². The topological polar surface area (TPSA) is 69.7 Å². The molecule has 1 aliphatic rings. The summed E-state index contributed by atoms with van der Waals surface area (Å²) in [6.45, 7) is 1.22. The Hall–Kier alpha value is -2.87. The van der Waals surface area contributed by atoms with Crippen LogP contribution in [0.3, 0.4) is 0 Å². The number of amides is 3. The van der Waals surface area contributed by atoms with Gasteiger partial charge in [0.2, 0.25) is 17.7 Å². The number of carbonyl (C=O) groups is 3. The van der Waals surface area contributed by atoms with Crippen LogP contribution >= 0.6 is 34.5 Å². The normalized spacial score (nSPS) is 15.8. The Labute approximate surface area is 231 Å². The maximum absolute atomic E-state index is 13.5. The predicted molar refractivity (Wildman–Crippen MR) is 148 cm³/mol. The van der Waals surface area contributed by atoms with Crippen LogP contribution < -0.4 is 5.32 Å². The van der Waals surface area contributed by atoms with Crippen molar-refractivity contribution < 1.29 is 14.4 Å². The molecule has 194 valence electrons. The summed E-state index contributed by atoms with van der Waals surface area (Å²) in [7, 11) is 0. The Morgan fingerprint density at radius 1 is 0.973 bits per heavy atom. The molecule has 3 amide bonds. The van der Waals surface area contributed by atoms with Crippen LogP contribution in [0.1, 0.15) is 22.4 Å². The smallest absolute Gasteiger partial charge is 0.246 e. The second-order valence-corrected chi connectivity index (χ2v) is 10.8. The van der Waals surface area contributed by atoms with Crippen molar-refractivity contribution in [2.24, 2.45) is 0 Å². The van der Waals surface area contributed by atoms with E-state index in [-0.39, 0.29) is 30.7 Å². The van der Waals surface area contributed by atoms with E-state index in [1.807, 2.05) is 53.9 Å². The quantitative estimate of drug-likeness (QED) is 0.373. The number of rotatable bonds is 11. The van der Waals surface area contributed by atoms with Gasteiger partial charge in [-0.25, -0.2) is 0 Å². The van der Waals surface area contributed by atoms with E-state index in [4.69, 9.17) is 23.2 Å². The van der Waals surface area contributed by atoms with Crippen molar-refractivity contribution in [1.82, 2.24) is 15.1 Å². The van der Waals surface area contributed by atoms with Gasteiger partial charge in [-0.15, -0.1) is 11.3 Å². The molecule has 9 heteroatoms. The average molecular weight is 559 g/mol. The molecule has 1 unspecified atom stereocenters. The molecule has 2 aromatic carbocycles. The van der Waals surface area contributed by atoms with E-state index in [2.05, 4.69) is 5.32 Å². The summed E-state index contributed by atoms with van der Waals surface area (Å²) in [5.74, 6) is -0.588. The van der Waals surface area contributed by atoms with E-state index in [1.165, 1.54) is 0 Å². The minimum Gasteiger partial charge on any atom is -0.356 e. The summed E-state index contributed by atoms with van der Waals surface area (Å²) in [5, 5.41) is 5.97. The molecule has 2 heterocycles. The van der Waals surface area contributed by atoms with Crippen LogP contribution in [0.2, 0.25) is 10.0 Å². The highest BCUT2D eigenvalue weighted by atomic mass is 35.5. The summed E-state index contributed by atoms with van der Waals surface area (Å²) in [6.07, 6.45) is 1.75. The first kappa shape index (κ1) is 27.2. The van der Waals surface area contributed by atoms with Crippen LogP contribution in [-0.2, 0) is 33.6 Å². The third-order valence-corrected chi connectivity index (χ3v) is 7.95. The Kier molecular flexibility index (Phi) is 9.61. The molecule has 0 saturated carbocycles. The highest BCUT2D eigenvalue weighted by Gasteiger charge is 2.40. The fourth-order valence-corrected chi connectivity index (χ4v) is 5.62. The lowest BCUT2D eigenvalue weighted by Crippen LogP contribution is -2.61. The number of nitrogens with zero attached hydrogens (tertiary/aromatic N) is 2. The van der Waals surface area contributed by atoms with E-state index in [9.17, 15) is 14.4 Å². The summed E-state index contributed by atoms with van der Waals surface area (Å²) >= 11 is 13.8. The molecule has 0 spiro atoms. The molecule has 4 rings (SSSR count). The highest BCUT2D eigenvalue weighted by Crippen LogP contribution is 2.22. The van der Waals surface area contributed by atoms with Gasteiger partial charge in [-0.05, 0) is 54.0 Å². The number of halogens is 2. The Balaban J connectivity index is 1.40. The van der Waals surface area contributed by atoms with Gasteiger partial charge in [0.15, 0.2) is 0 Å². The van der Waals surface area contributed by atoms with E-state index < -0.39 is 6.04 Å². The minimum atomic E-state index is -0.823. The summed E-state index contributed by atoms with van der Waals surface area (Å²) in [4.78, 5) is 43.8. The van der Waals surface area contributed by atoms with Gasteiger partial charge in [0.1, 0.15) is 6.04 Å². The molecular weight excluding hydrogens is 529 g/mol. The molecule has 1 saturated heterocycles.